The van der Waals surface area contributed by atoms with E-state index in [4.69, 9.17) is 5.11 Å². The number of aliphatic hydroxyl groups excluding tert-OH is 1. The predicted molar refractivity (Wildman–Crippen MR) is 64.3 cm³/mol. The predicted octanol–water partition coefficient (Wildman–Crippen LogP) is -0.300. The number of nitrogens with zero attached hydrogens (tertiary/aromatic N) is 2. The second-order valence-electron chi connectivity index (χ2n) is 4.60. The lowest BCUT2D eigenvalue weighted by molar-refractivity contribution is -0.141. The second-order valence-corrected chi connectivity index (χ2v) is 4.60. The Morgan fingerprint density at radius 3 is 2.95 bits per heavy atom. The van der Waals surface area contributed by atoms with Crippen LogP contribution in [0.4, 0.5) is 4.79 Å². The molecule has 8 heteroatoms. The maximum Gasteiger partial charge on any atom is 0.326 e. The maximum atomic E-state index is 12.0. The van der Waals surface area contributed by atoms with Crippen molar-refractivity contribution in [2.75, 3.05) is 6.54 Å². The van der Waals surface area contributed by atoms with Gasteiger partial charge in [0.1, 0.15) is 6.04 Å². The largest absolute Gasteiger partial charge is 0.480 e. The zero-order chi connectivity index (χ0) is 14.0. The lowest BCUT2D eigenvalue weighted by atomic mass is 10.2. The number of nitrogens with one attached hydrogen (secondary N) is 2. The van der Waals surface area contributed by atoms with Gasteiger partial charge in [-0.25, -0.2) is 9.59 Å². The number of amides is 2. The first-order chi connectivity index (χ1) is 8.99. The lowest BCUT2D eigenvalue weighted by Crippen LogP contribution is -2.46. The van der Waals surface area contributed by atoms with Gasteiger partial charge in [0.2, 0.25) is 0 Å². The van der Waals surface area contributed by atoms with Gasteiger partial charge >= 0.3 is 12.0 Å². The molecule has 1 fully saturated rings. The molecule has 4 N–H and O–H groups in total. The van der Waals surface area contributed by atoms with Crippen LogP contribution in [0.5, 0.6) is 0 Å². The number of likely N-dealkylation sites (tertiary alicyclic amines) is 1. The number of carbonyl (C=O) groups is 2. The molecule has 2 rings (SSSR count). The summed E-state index contributed by atoms with van der Waals surface area (Å²) < 4.78 is 0. The molecule has 19 heavy (non-hydrogen) atoms. The number of H-pyrrole nitrogens is 1. The van der Waals surface area contributed by atoms with Gasteiger partial charge in [0.15, 0.2) is 0 Å². The number of rotatable bonds is 3. The van der Waals surface area contributed by atoms with Gasteiger partial charge in [-0.1, -0.05) is 0 Å². The third kappa shape index (κ3) is 2.84. The van der Waals surface area contributed by atoms with Gasteiger partial charge in [0.25, 0.3) is 0 Å². The molecule has 1 aliphatic heterocycles. The number of carbonyl (C=O) groups excluding carboxylic acids is 1. The van der Waals surface area contributed by atoms with Crippen molar-refractivity contribution in [3.63, 3.8) is 0 Å². The summed E-state index contributed by atoms with van der Waals surface area (Å²) in [6.45, 7) is 1.80. The lowest BCUT2D eigenvalue weighted by Gasteiger charge is -2.23. The van der Waals surface area contributed by atoms with Crippen molar-refractivity contribution >= 4 is 12.0 Å². The van der Waals surface area contributed by atoms with E-state index in [9.17, 15) is 14.7 Å². The monoisotopic (exact) mass is 268 g/mol. The van der Waals surface area contributed by atoms with Gasteiger partial charge in [-0.3, -0.25) is 5.10 Å². The Hall–Kier alpha value is -2.09. The molecule has 2 amide bonds. The zero-order valence-corrected chi connectivity index (χ0v) is 10.4. The number of urea groups is 1. The van der Waals surface area contributed by atoms with Crippen molar-refractivity contribution in [1.82, 2.24) is 20.4 Å². The Morgan fingerprint density at radius 2 is 2.37 bits per heavy atom. The van der Waals surface area contributed by atoms with Crippen molar-refractivity contribution in [2.45, 2.75) is 31.5 Å². The minimum atomic E-state index is -1.11. The Labute approximate surface area is 109 Å². The summed E-state index contributed by atoms with van der Waals surface area (Å²) in [4.78, 5) is 24.2. The molecular weight excluding hydrogens is 252 g/mol. The third-order valence-corrected chi connectivity index (χ3v) is 3.18. The first-order valence-electron chi connectivity index (χ1n) is 5.95. The van der Waals surface area contributed by atoms with Gasteiger partial charge in [0, 0.05) is 24.7 Å². The Morgan fingerprint density at radius 1 is 1.63 bits per heavy atom. The summed E-state index contributed by atoms with van der Waals surface area (Å²) in [5.41, 5.74) is 0.792. The maximum absolute atomic E-state index is 12.0. The molecule has 0 bridgehead atoms. The highest BCUT2D eigenvalue weighted by Crippen LogP contribution is 2.19. The Bertz CT molecular complexity index is 461. The molecule has 0 aromatic carbocycles. The molecule has 1 aliphatic rings. The number of hydrogen-bond donors (Lipinski definition) is 4. The minimum Gasteiger partial charge on any atom is -0.480 e. The molecular formula is C11H16N4O4. The van der Waals surface area contributed by atoms with E-state index < -0.39 is 24.1 Å². The molecule has 104 valence electrons. The summed E-state index contributed by atoms with van der Waals surface area (Å²) in [6, 6.07) is -1.78. The van der Waals surface area contributed by atoms with Gasteiger partial charge in [-0.2, -0.15) is 5.10 Å². The molecule has 0 spiro atoms. The fourth-order valence-corrected chi connectivity index (χ4v) is 2.12. The summed E-state index contributed by atoms with van der Waals surface area (Å²) in [6.07, 6.45) is 2.50. The molecule has 0 saturated carbocycles. The van der Waals surface area contributed by atoms with Gasteiger partial charge in [-0.15, -0.1) is 0 Å². The van der Waals surface area contributed by atoms with Gasteiger partial charge in [-0.05, 0) is 6.92 Å². The quantitative estimate of drug-likeness (QED) is 0.600. The van der Waals surface area contributed by atoms with Crippen LogP contribution in [0.1, 0.15) is 24.9 Å². The van der Waals surface area contributed by atoms with Crippen LogP contribution < -0.4 is 5.32 Å². The summed E-state index contributed by atoms with van der Waals surface area (Å²) >= 11 is 0. The van der Waals surface area contributed by atoms with Crippen molar-refractivity contribution in [2.24, 2.45) is 0 Å². The van der Waals surface area contributed by atoms with Crippen molar-refractivity contribution in [3.8, 4) is 0 Å². The van der Waals surface area contributed by atoms with E-state index in [0.717, 1.165) is 10.5 Å². The SMILES string of the molecule is CC(NC(=O)N1C[C@H](O)C[C@@H]1C(=O)O)c1cn[nH]c1. The zero-order valence-electron chi connectivity index (χ0n) is 10.4. The first-order valence-corrected chi connectivity index (χ1v) is 5.95. The standard InChI is InChI=1S/C11H16N4O4/c1-6(7-3-12-13-4-7)14-11(19)15-5-8(16)2-9(15)10(17)18/h3-4,6,8-9,16H,2,5H2,1H3,(H,12,13)(H,14,19)(H,17,18)/t6?,8-,9-/m1/s1. The summed E-state index contributed by atoms with van der Waals surface area (Å²) in [5, 5.41) is 27.6. The number of β-amino-alcohol motifs (C(OH)–C–C–N with tert-alkyl or cyclic N) is 1. The highest BCUT2D eigenvalue weighted by molar-refractivity contribution is 5.83. The molecule has 1 unspecified atom stereocenters. The smallest absolute Gasteiger partial charge is 0.326 e. The van der Waals surface area contributed by atoms with Gasteiger partial charge < -0.3 is 20.4 Å². The van der Waals surface area contributed by atoms with E-state index in [0.29, 0.717) is 0 Å². The average Bonchev–Trinajstić information content (AvgIpc) is 2.96. The van der Waals surface area contributed by atoms with Crippen LogP contribution in [-0.4, -0.2) is 56.0 Å². The van der Waals surface area contributed by atoms with E-state index in [1.807, 2.05) is 0 Å². The summed E-state index contributed by atoms with van der Waals surface area (Å²) in [5.74, 6) is -1.11. The number of hydrogen-bond acceptors (Lipinski definition) is 4. The average molecular weight is 268 g/mol. The van der Waals surface area contributed by atoms with E-state index in [1.54, 1.807) is 19.3 Å². The van der Waals surface area contributed by atoms with Crippen LogP contribution in [0.15, 0.2) is 12.4 Å². The highest BCUT2D eigenvalue weighted by Gasteiger charge is 2.39. The topological polar surface area (TPSA) is 119 Å². The number of carboxylic acids is 1. The number of aromatic amines is 1. The molecule has 1 aromatic heterocycles. The number of aliphatic hydroxyl groups is 1. The van der Waals surface area contributed by atoms with Crippen LogP contribution >= 0.6 is 0 Å². The first kappa shape index (κ1) is 13.3. The normalized spacial score (nSPS) is 24.2. The number of aromatic nitrogens is 2. The van der Waals surface area contributed by atoms with E-state index in [2.05, 4.69) is 15.5 Å². The van der Waals surface area contributed by atoms with Crippen molar-refractivity contribution < 1.29 is 19.8 Å². The number of carboxylic acid groups (broad SMARTS) is 1. The van der Waals surface area contributed by atoms with Crippen LogP contribution in [-0.2, 0) is 4.79 Å². The van der Waals surface area contributed by atoms with Crippen LogP contribution in [0.3, 0.4) is 0 Å². The van der Waals surface area contributed by atoms with E-state index in [1.165, 1.54) is 0 Å². The van der Waals surface area contributed by atoms with Gasteiger partial charge in [0.05, 0.1) is 18.3 Å². The highest BCUT2D eigenvalue weighted by atomic mass is 16.4. The number of aliphatic carboxylic acids is 1. The molecule has 1 saturated heterocycles. The van der Waals surface area contributed by atoms with E-state index >= 15 is 0 Å². The molecule has 0 radical (unpaired) electrons. The Balaban J connectivity index is 2.01. The molecule has 1 aromatic rings. The fraction of sp³-hybridized carbons (Fsp3) is 0.545. The van der Waals surface area contributed by atoms with Crippen molar-refractivity contribution in [3.05, 3.63) is 18.0 Å². The van der Waals surface area contributed by atoms with Crippen molar-refractivity contribution in [1.29, 1.82) is 0 Å². The van der Waals surface area contributed by atoms with Crippen LogP contribution in [0, 0.1) is 0 Å². The summed E-state index contributed by atoms with van der Waals surface area (Å²) in [7, 11) is 0. The minimum absolute atomic E-state index is 0.0287. The second kappa shape index (κ2) is 5.27. The fourth-order valence-electron chi connectivity index (χ4n) is 2.12. The van der Waals surface area contributed by atoms with Crippen LogP contribution in [0.25, 0.3) is 0 Å². The van der Waals surface area contributed by atoms with E-state index in [-0.39, 0.29) is 19.0 Å². The molecule has 3 atom stereocenters. The molecule has 2 heterocycles. The molecule has 8 nitrogen and oxygen atoms in total. The Kier molecular flexibility index (Phi) is 3.70. The van der Waals surface area contributed by atoms with Crippen LogP contribution in [0.2, 0.25) is 0 Å². The molecule has 0 aliphatic carbocycles. The third-order valence-electron chi connectivity index (χ3n) is 3.18.